The Morgan fingerprint density at radius 2 is 1.73 bits per heavy atom. The molecule has 0 aliphatic heterocycles. The summed E-state index contributed by atoms with van der Waals surface area (Å²) in [6.07, 6.45) is 3.34. The van der Waals surface area contributed by atoms with Gasteiger partial charge in [-0.15, -0.1) is 0 Å². The van der Waals surface area contributed by atoms with Gasteiger partial charge >= 0.3 is 0 Å². The Balaban J connectivity index is 1.74. The summed E-state index contributed by atoms with van der Waals surface area (Å²) in [6.45, 7) is 0. The fraction of sp³-hybridized carbons (Fsp3) is 0. The second kappa shape index (κ2) is 6.94. The number of carbonyl (C=O) groups is 1. The van der Waals surface area contributed by atoms with Crippen LogP contribution in [0, 0.1) is 0 Å². The van der Waals surface area contributed by atoms with Crippen LogP contribution in [0.4, 0.5) is 5.69 Å². The first-order valence-electron chi connectivity index (χ1n) is 8.08. The maximum absolute atomic E-state index is 12.3. The van der Waals surface area contributed by atoms with E-state index in [1.54, 1.807) is 42.7 Å². The average Bonchev–Trinajstić information content (AvgIpc) is 2.70. The van der Waals surface area contributed by atoms with Crippen LogP contribution < -0.4 is 5.32 Å². The quantitative estimate of drug-likeness (QED) is 0.546. The summed E-state index contributed by atoms with van der Waals surface area (Å²) >= 11 is 6.42. The van der Waals surface area contributed by atoms with E-state index >= 15 is 0 Å². The van der Waals surface area contributed by atoms with Crippen molar-refractivity contribution in [3.63, 3.8) is 0 Å². The topological polar surface area (TPSA) is 54.9 Å². The summed E-state index contributed by atoms with van der Waals surface area (Å²) in [6, 6.07) is 20.5. The Morgan fingerprint density at radius 3 is 2.58 bits per heavy atom. The van der Waals surface area contributed by atoms with Gasteiger partial charge in [-0.05, 0) is 41.8 Å². The molecule has 1 amide bonds. The molecule has 0 fully saturated rings. The normalized spacial score (nSPS) is 10.7. The second-order valence-corrected chi connectivity index (χ2v) is 6.15. The minimum atomic E-state index is -0.273. The van der Waals surface area contributed by atoms with Crippen molar-refractivity contribution >= 4 is 34.0 Å². The van der Waals surface area contributed by atoms with Gasteiger partial charge in [-0.1, -0.05) is 41.9 Å². The molecule has 0 atom stereocenters. The van der Waals surface area contributed by atoms with Crippen molar-refractivity contribution in [3.05, 3.63) is 89.8 Å². The molecule has 1 N–H and O–H groups in total. The number of fused-ring (bicyclic) bond motifs is 1. The van der Waals surface area contributed by atoms with E-state index in [9.17, 15) is 4.79 Å². The van der Waals surface area contributed by atoms with Crippen LogP contribution >= 0.6 is 11.6 Å². The molecular weight excluding hydrogens is 346 g/mol. The number of nitrogens with one attached hydrogen (secondary N) is 1. The van der Waals surface area contributed by atoms with Crippen molar-refractivity contribution in [1.82, 2.24) is 9.97 Å². The minimum Gasteiger partial charge on any atom is -0.321 e. The van der Waals surface area contributed by atoms with Gasteiger partial charge in [0.1, 0.15) is 5.69 Å². The van der Waals surface area contributed by atoms with E-state index in [-0.39, 0.29) is 5.91 Å². The number of hydrogen-bond acceptors (Lipinski definition) is 3. The van der Waals surface area contributed by atoms with E-state index in [0.717, 1.165) is 22.0 Å². The number of carbonyl (C=O) groups excluding carboxylic acids is 1. The molecule has 0 aliphatic carbocycles. The lowest BCUT2D eigenvalue weighted by Gasteiger charge is -2.11. The third kappa shape index (κ3) is 3.15. The summed E-state index contributed by atoms with van der Waals surface area (Å²) in [5.41, 5.74) is 2.53. The van der Waals surface area contributed by atoms with Gasteiger partial charge in [-0.2, -0.15) is 0 Å². The first-order chi connectivity index (χ1) is 12.7. The zero-order chi connectivity index (χ0) is 17.9. The molecule has 0 radical (unpaired) electrons. The summed E-state index contributed by atoms with van der Waals surface area (Å²) in [5.74, 6) is -0.273. The van der Waals surface area contributed by atoms with Gasteiger partial charge in [0.25, 0.3) is 5.91 Å². The Labute approximate surface area is 155 Å². The van der Waals surface area contributed by atoms with E-state index in [0.29, 0.717) is 16.4 Å². The molecule has 4 nitrogen and oxygen atoms in total. The summed E-state index contributed by atoms with van der Waals surface area (Å²) in [7, 11) is 0. The van der Waals surface area contributed by atoms with Crippen LogP contribution in [0.3, 0.4) is 0 Å². The van der Waals surface area contributed by atoms with Crippen LogP contribution in [0.1, 0.15) is 10.5 Å². The van der Waals surface area contributed by atoms with Crippen LogP contribution in [0.2, 0.25) is 5.02 Å². The predicted molar refractivity (Wildman–Crippen MR) is 104 cm³/mol. The standard InChI is InChI=1S/C21H14ClN3O/c22-18-9-8-15(25-21(26)19-7-3-4-11-23-19)13-17(18)20-16-6-2-1-5-14(16)10-12-24-20/h1-13H,(H,25,26). The third-order valence-electron chi connectivity index (χ3n) is 4.05. The molecule has 2 heterocycles. The highest BCUT2D eigenvalue weighted by Gasteiger charge is 2.12. The number of nitrogens with zero attached hydrogens (tertiary/aromatic N) is 2. The van der Waals surface area contributed by atoms with Gasteiger partial charge in [0.05, 0.1) is 10.7 Å². The minimum absolute atomic E-state index is 0.273. The number of hydrogen-bond donors (Lipinski definition) is 1. The number of aromatic nitrogens is 2. The van der Waals surface area contributed by atoms with E-state index in [1.165, 1.54) is 0 Å². The van der Waals surface area contributed by atoms with Crippen LogP contribution in [-0.4, -0.2) is 15.9 Å². The predicted octanol–water partition coefficient (Wildman–Crippen LogP) is 5.20. The lowest BCUT2D eigenvalue weighted by atomic mass is 10.0. The molecule has 0 bridgehead atoms. The largest absolute Gasteiger partial charge is 0.321 e. The molecule has 2 aromatic carbocycles. The van der Waals surface area contributed by atoms with Crippen molar-refractivity contribution in [3.8, 4) is 11.3 Å². The molecule has 0 saturated carbocycles. The molecule has 4 aromatic rings. The number of halogens is 1. The monoisotopic (exact) mass is 359 g/mol. The highest BCUT2D eigenvalue weighted by Crippen LogP contribution is 2.33. The van der Waals surface area contributed by atoms with E-state index in [4.69, 9.17) is 11.6 Å². The van der Waals surface area contributed by atoms with Crippen LogP contribution in [0.25, 0.3) is 22.0 Å². The number of anilines is 1. The lowest BCUT2D eigenvalue weighted by Crippen LogP contribution is -2.13. The van der Waals surface area contributed by atoms with Gasteiger partial charge in [0, 0.05) is 29.0 Å². The van der Waals surface area contributed by atoms with Crippen molar-refractivity contribution in [2.45, 2.75) is 0 Å². The van der Waals surface area contributed by atoms with Crippen molar-refractivity contribution in [2.24, 2.45) is 0 Å². The van der Waals surface area contributed by atoms with Crippen molar-refractivity contribution < 1.29 is 4.79 Å². The summed E-state index contributed by atoms with van der Waals surface area (Å²) in [4.78, 5) is 20.9. The highest BCUT2D eigenvalue weighted by molar-refractivity contribution is 6.33. The van der Waals surface area contributed by atoms with Gasteiger partial charge in [-0.25, -0.2) is 0 Å². The smallest absolute Gasteiger partial charge is 0.274 e. The number of rotatable bonds is 3. The molecule has 26 heavy (non-hydrogen) atoms. The number of amides is 1. The molecular formula is C21H14ClN3O. The zero-order valence-electron chi connectivity index (χ0n) is 13.7. The van der Waals surface area contributed by atoms with Gasteiger partial charge in [0.15, 0.2) is 0 Å². The Kier molecular flexibility index (Phi) is 4.33. The van der Waals surface area contributed by atoms with E-state index < -0.39 is 0 Å². The third-order valence-corrected chi connectivity index (χ3v) is 4.38. The van der Waals surface area contributed by atoms with Gasteiger partial charge < -0.3 is 5.32 Å². The molecule has 2 aromatic heterocycles. The first-order valence-corrected chi connectivity index (χ1v) is 8.46. The summed E-state index contributed by atoms with van der Waals surface area (Å²) in [5, 5.41) is 5.51. The molecule has 0 saturated heterocycles. The fourth-order valence-electron chi connectivity index (χ4n) is 2.81. The molecule has 0 aliphatic rings. The molecule has 0 spiro atoms. The molecule has 4 rings (SSSR count). The SMILES string of the molecule is O=C(Nc1ccc(Cl)c(-c2nccc3ccccc23)c1)c1ccccn1. The lowest BCUT2D eigenvalue weighted by molar-refractivity contribution is 0.102. The zero-order valence-corrected chi connectivity index (χ0v) is 14.4. The maximum Gasteiger partial charge on any atom is 0.274 e. The fourth-order valence-corrected chi connectivity index (χ4v) is 3.02. The van der Waals surface area contributed by atoms with Crippen molar-refractivity contribution in [2.75, 3.05) is 5.32 Å². The Hall–Kier alpha value is -3.24. The highest BCUT2D eigenvalue weighted by atomic mass is 35.5. The summed E-state index contributed by atoms with van der Waals surface area (Å²) < 4.78 is 0. The second-order valence-electron chi connectivity index (χ2n) is 5.74. The number of pyridine rings is 2. The van der Waals surface area contributed by atoms with Gasteiger partial charge in [0.2, 0.25) is 0 Å². The van der Waals surface area contributed by atoms with Crippen LogP contribution in [-0.2, 0) is 0 Å². The average molecular weight is 360 g/mol. The molecule has 126 valence electrons. The first kappa shape index (κ1) is 16.2. The number of benzene rings is 2. The van der Waals surface area contributed by atoms with Crippen LogP contribution in [0.5, 0.6) is 0 Å². The van der Waals surface area contributed by atoms with E-state index in [2.05, 4.69) is 15.3 Å². The Morgan fingerprint density at radius 1 is 0.885 bits per heavy atom. The van der Waals surface area contributed by atoms with Crippen molar-refractivity contribution in [1.29, 1.82) is 0 Å². The van der Waals surface area contributed by atoms with Gasteiger partial charge in [-0.3, -0.25) is 14.8 Å². The van der Waals surface area contributed by atoms with Crippen LogP contribution in [0.15, 0.2) is 79.1 Å². The molecule has 0 unspecified atom stereocenters. The van der Waals surface area contributed by atoms with E-state index in [1.807, 2.05) is 36.4 Å². The maximum atomic E-state index is 12.3. The Bertz CT molecular complexity index is 1090. The molecule has 5 heteroatoms.